The normalized spacial score (nSPS) is 19.0. The van der Waals surface area contributed by atoms with E-state index in [9.17, 15) is 9.59 Å². The highest BCUT2D eigenvalue weighted by atomic mass is 16.6. The maximum Gasteiger partial charge on any atom is 0.429 e. The minimum absolute atomic E-state index is 0.136. The summed E-state index contributed by atoms with van der Waals surface area (Å²) in [5, 5.41) is 3.00. The first-order chi connectivity index (χ1) is 18.2. The van der Waals surface area contributed by atoms with E-state index in [4.69, 9.17) is 9.47 Å². The van der Waals surface area contributed by atoms with Crippen LogP contribution in [0.2, 0.25) is 0 Å². The molecule has 2 amide bonds. The van der Waals surface area contributed by atoms with Gasteiger partial charge in [-0.25, -0.2) is 19.6 Å². The van der Waals surface area contributed by atoms with Crippen molar-refractivity contribution in [2.45, 2.75) is 44.6 Å². The number of nitrogens with zero attached hydrogens (tertiary/aromatic N) is 3. The summed E-state index contributed by atoms with van der Waals surface area (Å²) in [5.74, 6) is 0. The topological polar surface area (TPSA) is 62.3 Å². The Morgan fingerprint density at radius 1 is 0.649 bits per heavy atom. The van der Waals surface area contributed by atoms with E-state index >= 15 is 0 Å². The second-order valence-corrected chi connectivity index (χ2v) is 9.66. The minimum atomic E-state index is -0.515. The van der Waals surface area contributed by atoms with Crippen molar-refractivity contribution in [1.29, 1.82) is 0 Å². The summed E-state index contributed by atoms with van der Waals surface area (Å²) < 4.78 is 11.3. The van der Waals surface area contributed by atoms with Crippen LogP contribution in [-0.2, 0) is 29.1 Å². The van der Waals surface area contributed by atoms with Gasteiger partial charge in [-0.2, -0.15) is 0 Å². The third-order valence-corrected chi connectivity index (χ3v) is 6.97. The van der Waals surface area contributed by atoms with Crippen molar-refractivity contribution in [3.05, 3.63) is 108 Å². The monoisotopic (exact) mass is 499 g/mol. The number of aryl methyl sites for hydroxylation is 1. The van der Waals surface area contributed by atoms with Crippen molar-refractivity contribution in [3.63, 3.8) is 0 Å². The van der Waals surface area contributed by atoms with Crippen LogP contribution in [0.15, 0.2) is 91.0 Å². The molecule has 192 valence electrons. The van der Waals surface area contributed by atoms with E-state index < -0.39 is 12.2 Å². The number of carbonyl (C=O) groups is 2. The minimum Gasteiger partial charge on any atom is -0.443 e. The largest absolute Gasteiger partial charge is 0.443 e. The number of hydrogen-bond acceptors (Lipinski definition) is 5. The van der Waals surface area contributed by atoms with Crippen molar-refractivity contribution in [1.82, 2.24) is 14.9 Å². The third kappa shape index (κ3) is 6.30. The predicted octanol–water partition coefficient (Wildman–Crippen LogP) is 5.27. The van der Waals surface area contributed by atoms with Crippen molar-refractivity contribution in [2.75, 3.05) is 19.6 Å². The molecule has 0 aliphatic carbocycles. The number of carbonyl (C=O) groups excluding carboxylic acids is 2. The van der Waals surface area contributed by atoms with Gasteiger partial charge >= 0.3 is 12.2 Å². The van der Waals surface area contributed by atoms with Gasteiger partial charge in [0.2, 0.25) is 0 Å². The van der Waals surface area contributed by atoms with Crippen LogP contribution >= 0.6 is 0 Å². The van der Waals surface area contributed by atoms with E-state index in [1.165, 1.54) is 15.6 Å². The van der Waals surface area contributed by atoms with E-state index in [2.05, 4.69) is 29.2 Å². The Morgan fingerprint density at radius 3 is 1.54 bits per heavy atom. The smallest absolute Gasteiger partial charge is 0.429 e. The molecule has 2 unspecified atom stereocenters. The summed E-state index contributed by atoms with van der Waals surface area (Å²) in [6.07, 6.45) is 1.70. The highest BCUT2D eigenvalue weighted by Crippen LogP contribution is 2.32. The maximum atomic E-state index is 13.3. The molecule has 0 radical (unpaired) electrons. The molecule has 2 fully saturated rings. The van der Waals surface area contributed by atoms with Gasteiger partial charge in [0.25, 0.3) is 0 Å². The number of benzene rings is 3. The van der Waals surface area contributed by atoms with Crippen LogP contribution in [0, 0.1) is 0 Å². The van der Waals surface area contributed by atoms with Crippen molar-refractivity contribution >= 4 is 12.2 Å². The Kier molecular flexibility index (Phi) is 8.01. The van der Waals surface area contributed by atoms with Crippen molar-refractivity contribution in [3.8, 4) is 0 Å². The molecule has 2 aliphatic heterocycles. The fourth-order valence-electron chi connectivity index (χ4n) is 5.22. The molecule has 2 heterocycles. The fraction of sp³-hybridized carbons (Fsp3) is 0.333. The second kappa shape index (κ2) is 11.9. The standard InChI is InChI=1S/C30H33N3O4/c34-29(36-22-25-13-6-2-7-14-25)32-27-19-28(33(32)30(35)37-23-26-15-8-3-9-16-26)21-31(20-27)18-10-17-24-11-4-1-5-12-24/h1-9,11-16,27-28H,10,17-23H2. The number of fused-ring (bicyclic) bond motifs is 2. The van der Waals surface area contributed by atoms with E-state index in [1.54, 1.807) is 0 Å². The zero-order valence-electron chi connectivity index (χ0n) is 20.9. The lowest BCUT2D eigenvalue weighted by atomic mass is 10.0. The molecule has 2 aliphatic rings. The van der Waals surface area contributed by atoms with Gasteiger partial charge in [-0.15, -0.1) is 0 Å². The van der Waals surface area contributed by atoms with Crippen LogP contribution in [0.3, 0.4) is 0 Å². The number of likely N-dealkylation sites (tertiary alicyclic amines) is 1. The molecule has 7 nitrogen and oxygen atoms in total. The van der Waals surface area contributed by atoms with Gasteiger partial charge in [-0.05, 0) is 42.5 Å². The first-order valence-electron chi connectivity index (χ1n) is 12.9. The molecule has 2 bridgehead atoms. The molecule has 2 atom stereocenters. The molecule has 37 heavy (non-hydrogen) atoms. The van der Waals surface area contributed by atoms with Gasteiger partial charge in [0.15, 0.2) is 0 Å². The molecular formula is C30H33N3O4. The molecule has 3 aromatic rings. The quantitative estimate of drug-likeness (QED) is 0.423. The molecule has 2 saturated heterocycles. The van der Waals surface area contributed by atoms with Crippen molar-refractivity contribution in [2.24, 2.45) is 0 Å². The molecule has 0 aromatic heterocycles. The Labute approximate surface area is 218 Å². The second-order valence-electron chi connectivity index (χ2n) is 9.66. The first-order valence-corrected chi connectivity index (χ1v) is 12.9. The van der Waals surface area contributed by atoms with E-state index in [0.717, 1.165) is 36.9 Å². The highest BCUT2D eigenvalue weighted by Gasteiger charge is 2.50. The lowest BCUT2D eigenvalue weighted by Gasteiger charge is -2.30. The number of ether oxygens (including phenoxy) is 2. The van der Waals surface area contributed by atoms with Gasteiger partial charge in [-0.3, -0.25) is 4.90 Å². The zero-order valence-corrected chi connectivity index (χ0v) is 20.9. The van der Waals surface area contributed by atoms with Gasteiger partial charge in [0, 0.05) is 13.1 Å². The Bertz CT molecular complexity index is 1090. The Morgan fingerprint density at radius 2 is 1.08 bits per heavy atom. The number of hydrogen-bond donors (Lipinski definition) is 0. The Hall–Kier alpha value is -3.84. The highest BCUT2D eigenvalue weighted by molar-refractivity contribution is 5.76. The molecule has 7 heteroatoms. The lowest BCUT2D eigenvalue weighted by Crippen LogP contribution is -2.50. The SMILES string of the molecule is O=C(OCc1ccccc1)N1C2CC(CN(CCCc3ccccc3)C2)N1C(=O)OCc1ccccc1. The molecule has 0 spiro atoms. The lowest BCUT2D eigenvalue weighted by molar-refractivity contribution is -0.0199. The molecular weight excluding hydrogens is 466 g/mol. The average molecular weight is 500 g/mol. The number of rotatable bonds is 8. The number of piperidine rings is 1. The van der Waals surface area contributed by atoms with Crippen LogP contribution in [0.4, 0.5) is 9.59 Å². The number of hydrazine groups is 1. The zero-order chi connectivity index (χ0) is 25.5. The molecule has 0 N–H and O–H groups in total. The average Bonchev–Trinajstić information content (AvgIpc) is 3.21. The van der Waals surface area contributed by atoms with Gasteiger partial charge in [-0.1, -0.05) is 91.0 Å². The summed E-state index contributed by atoms with van der Waals surface area (Å²) in [6.45, 7) is 2.62. The first kappa shape index (κ1) is 24.8. The predicted molar refractivity (Wildman–Crippen MR) is 140 cm³/mol. The van der Waals surface area contributed by atoms with Gasteiger partial charge in [0.1, 0.15) is 13.2 Å². The Balaban J connectivity index is 1.25. The van der Waals surface area contributed by atoms with E-state index in [-0.39, 0.29) is 25.3 Å². The number of amides is 2. The van der Waals surface area contributed by atoms with Gasteiger partial charge < -0.3 is 9.47 Å². The van der Waals surface area contributed by atoms with Crippen LogP contribution in [0.25, 0.3) is 0 Å². The van der Waals surface area contributed by atoms with Crippen LogP contribution < -0.4 is 0 Å². The molecule has 0 saturated carbocycles. The fourth-order valence-corrected chi connectivity index (χ4v) is 5.22. The summed E-state index contributed by atoms with van der Waals surface area (Å²) in [7, 11) is 0. The van der Waals surface area contributed by atoms with E-state index in [1.807, 2.05) is 66.7 Å². The summed E-state index contributed by atoms with van der Waals surface area (Å²) in [4.78, 5) is 28.9. The summed E-state index contributed by atoms with van der Waals surface area (Å²) >= 11 is 0. The van der Waals surface area contributed by atoms with Crippen molar-refractivity contribution < 1.29 is 19.1 Å². The van der Waals surface area contributed by atoms with E-state index in [0.29, 0.717) is 13.1 Å². The van der Waals surface area contributed by atoms with Crippen LogP contribution in [0.1, 0.15) is 29.5 Å². The molecule has 3 aromatic carbocycles. The summed E-state index contributed by atoms with van der Waals surface area (Å²) in [5.41, 5.74) is 3.12. The van der Waals surface area contributed by atoms with Crippen LogP contribution in [0.5, 0.6) is 0 Å². The third-order valence-electron chi connectivity index (χ3n) is 6.97. The van der Waals surface area contributed by atoms with Crippen LogP contribution in [-0.4, -0.2) is 58.8 Å². The van der Waals surface area contributed by atoms with Gasteiger partial charge in [0.05, 0.1) is 12.1 Å². The maximum absolute atomic E-state index is 13.3. The summed E-state index contributed by atoms with van der Waals surface area (Å²) in [6, 6.07) is 29.3. The molecule has 5 rings (SSSR count).